The van der Waals surface area contributed by atoms with E-state index in [-0.39, 0.29) is 11.5 Å². The Hall–Kier alpha value is -2.32. The average Bonchev–Trinajstić information content (AvgIpc) is 3.02. The quantitative estimate of drug-likeness (QED) is 0.758. The summed E-state index contributed by atoms with van der Waals surface area (Å²) in [6.45, 7) is 2.10. The highest BCUT2D eigenvalue weighted by Crippen LogP contribution is 2.29. The van der Waals surface area contributed by atoms with E-state index >= 15 is 0 Å². The first-order chi connectivity index (χ1) is 12.9. The molecule has 1 N–H and O–H groups in total. The van der Waals surface area contributed by atoms with Crippen LogP contribution in [0.25, 0.3) is 0 Å². The van der Waals surface area contributed by atoms with E-state index in [1.165, 1.54) is 16.7 Å². The molecule has 0 saturated carbocycles. The Balaban J connectivity index is 1.80. The van der Waals surface area contributed by atoms with Crippen LogP contribution in [0, 0.1) is 0 Å². The zero-order chi connectivity index (χ0) is 19.6. The fourth-order valence-electron chi connectivity index (χ4n) is 2.87. The molecule has 7 nitrogen and oxygen atoms in total. The van der Waals surface area contributed by atoms with Crippen LogP contribution in [0.15, 0.2) is 46.4 Å². The number of benzene rings is 1. The Labute approximate surface area is 166 Å². The molecule has 1 aromatic carbocycles. The van der Waals surface area contributed by atoms with E-state index in [0.717, 1.165) is 0 Å². The Bertz CT molecular complexity index is 823. The Morgan fingerprint density at radius 3 is 2.70 bits per heavy atom. The molecular weight excluding hydrogens is 388 g/mol. The Kier molecular flexibility index (Phi) is 5.86. The van der Waals surface area contributed by atoms with Gasteiger partial charge in [-0.05, 0) is 6.92 Å². The minimum atomic E-state index is -0.644. The van der Waals surface area contributed by atoms with E-state index in [1.54, 1.807) is 37.1 Å². The predicted octanol–water partition coefficient (Wildman–Crippen LogP) is 2.29. The molecule has 142 valence electrons. The number of nitrogens with one attached hydrogen (secondary N) is 1. The average molecular weight is 407 g/mol. The summed E-state index contributed by atoms with van der Waals surface area (Å²) in [5.74, 6) is -0.254. The number of amidine groups is 1. The molecule has 0 spiro atoms. The second kappa shape index (κ2) is 8.14. The largest absolute Gasteiger partial charge is 0.332 e. The Morgan fingerprint density at radius 2 is 2.04 bits per heavy atom. The van der Waals surface area contributed by atoms with Gasteiger partial charge in [0.05, 0.1) is 5.75 Å². The number of hydrogen-bond acceptors (Lipinski definition) is 6. The smallest absolute Gasteiger partial charge is 0.325 e. The van der Waals surface area contributed by atoms with Crippen molar-refractivity contribution in [1.82, 2.24) is 15.1 Å². The summed E-state index contributed by atoms with van der Waals surface area (Å²) in [5.41, 5.74) is 0.620. The summed E-state index contributed by atoms with van der Waals surface area (Å²) in [6.07, 6.45) is 1.15. The molecule has 0 radical (unpaired) electrons. The third kappa shape index (κ3) is 4.17. The van der Waals surface area contributed by atoms with Gasteiger partial charge in [0.15, 0.2) is 23.2 Å². The fraction of sp³-hybridized carbons (Fsp3) is 0.333. The van der Waals surface area contributed by atoms with Crippen molar-refractivity contribution in [2.75, 3.05) is 19.3 Å². The standard InChI is InChI=1S/C18H19ClN4O3S/c1-11(19)8-9-23-14-15(22(2)17(26)21-16(14)25)20-18(23)27-10-13(24)12-6-4-3-5-7-12/h3-8,14-15H,9-10H2,1-2H3,(H,21,25,26)/b11-8-. The lowest BCUT2D eigenvalue weighted by Gasteiger charge is -2.35. The molecular formula is C18H19ClN4O3S. The van der Waals surface area contributed by atoms with Gasteiger partial charge in [0.2, 0.25) is 0 Å². The SMILES string of the molecule is C/C(Cl)=C/CN1C(SCC(=O)c2ccccc2)=NC2C1C(=O)NC(=O)N2C. The van der Waals surface area contributed by atoms with Gasteiger partial charge < -0.3 is 9.80 Å². The third-order valence-corrected chi connectivity index (χ3v) is 5.48. The molecule has 2 aliphatic rings. The van der Waals surface area contributed by atoms with Crippen LogP contribution in [0.4, 0.5) is 4.79 Å². The third-order valence-electron chi connectivity index (χ3n) is 4.32. The molecule has 2 atom stereocenters. The minimum Gasteiger partial charge on any atom is -0.332 e. The number of aliphatic imine (C=N–C) groups is 1. The first kappa shape index (κ1) is 19.4. The molecule has 3 amide bonds. The highest BCUT2D eigenvalue weighted by Gasteiger charge is 2.48. The highest BCUT2D eigenvalue weighted by molar-refractivity contribution is 8.14. The van der Waals surface area contributed by atoms with Gasteiger partial charge in [-0.15, -0.1) is 0 Å². The summed E-state index contributed by atoms with van der Waals surface area (Å²) >= 11 is 7.20. The van der Waals surface area contributed by atoms with Crippen LogP contribution < -0.4 is 5.32 Å². The van der Waals surface area contributed by atoms with Crippen molar-refractivity contribution in [3.63, 3.8) is 0 Å². The van der Waals surface area contributed by atoms with Crippen molar-refractivity contribution in [1.29, 1.82) is 0 Å². The Morgan fingerprint density at radius 1 is 1.33 bits per heavy atom. The molecule has 0 aromatic heterocycles. The van der Waals surface area contributed by atoms with Crippen LogP contribution in [0.1, 0.15) is 17.3 Å². The van der Waals surface area contributed by atoms with Crippen molar-refractivity contribution in [3.05, 3.63) is 47.0 Å². The van der Waals surface area contributed by atoms with Gasteiger partial charge in [-0.25, -0.2) is 9.79 Å². The van der Waals surface area contributed by atoms with Crippen molar-refractivity contribution in [3.8, 4) is 0 Å². The number of rotatable bonds is 5. The number of carbonyl (C=O) groups excluding carboxylic acids is 3. The molecule has 2 heterocycles. The number of amides is 3. The topological polar surface area (TPSA) is 82.1 Å². The molecule has 2 aliphatic heterocycles. The fourth-order valence-corrected chi connectivity index (χ4v) is 3.91. The van der Waals surface area contributed by atoms with E-state index in [4.69, 9.17) is 11.6 Å². The lowest BCUT2D eigenvalue weighted by molar-refractivity contribution is -0.126. The number of Topliss-reactive ketones (excluding diaryl/α,β-unsaturated/α-hetero) is 1. The van der Waals surface area contributed by atoms with E-state index in [9.17, 15) is 14.4 Å². The molecule has 1 saturated heterocycles. The number of fused-ring (bicyclic) bond motifs is 1. The van der Waals surface area contributed by atoms with Crippen molar-refractivity contribution in [2.45, 2.75) is 19.1 Å². The number of ketones is 1. The van der Waals surface area contributed by atoms with Gasteiger partial charge in [-0.2, -0.15) is 0 Å². The lowest BCUT2D eigenvalue weighted by atomic mass is 10.1. The van der Waals surface area contributed by atoms with Gasteiger partial charge >= 0.3 is 6.03 Å². The summed E-state index contributed by atoms with van der Waals surface area (Å²) in [7, 11) is 1.59. The van der Waals surface area contributed by atoms with Crippen molar-refractivity contribution >= 4 is 46.3 Å². The summed E-state index contributed by atoms with van der Waals surface area (Å²) < 4.78 is 0. The first-order valence-electron chi connectivity index (χ1n) is 8.34. The van der Waals surface area contributed by atoms with E-state index in [0.29, 0.717) is 22.3 Å². The number of allylic oxidation sites excluding steroid dienone is 1. The summed E-state index contributed by atoms with van der Waals surface area (Å²) in [5, 5.41) is 3.46. The lowest BCUT2D eigenvalue weighted by Crippen LogP contribution is -2.63. The van der Waals surface area contributed by atoms with Gasteiger partial charge in [0.25, 0.3) is 5.91 Å². The number of likely N-dealkylation sites (N-methyl/N-ethyl adjacent to an activating group) is 1. The maximum Gasteiger partial charge on any atom is 0.325 e. The van der Waals surface area contributed by atoms with Crippen LogP contribution in [0.3, 0.4) is 0 Å². The zero-order valence-electron chi connectivity index (χ0n) is 14.9. The van der Waals surface area contributed by atoms with Crippen LogP contribution >= 0.6 is 23.4 Å². The number of halogens is 1. The molecule has 27 heavy (non-hydrogen) atoms. The highest BCUT2D eigenvalue weighted by atomic mass is 35.5. The van der Waals surface area contributed by atoms with Gasteiger partial charge in [0, 0.05) is 24.2 Å². The molecule has 3 rings (SSSR count). The molecule has 0 bridgehead atoms. The number of carbonyl (C=O) groups is 3. The summed E-state index contributed by atoms with van der Waals surface area (Å²) in [4.78, 5) is 44.4. The number of nitrogens with zero attached hydrogens (tertiary/aromatic N) is 3. The second-order valence-corrected chi connectivity index (χ2v) is 7.74. The number of thioether (sulfide) groups is 1. The van der Waals surface area contributed by atoms with E-state index in [2.05, 4.69) is 10.3 Å². The number of hydrogen-bond donors (Lipinski definition) is 1. The summed E-state index contributed by atoms with van der Waals surface area (Å²) in [6, 6.07) is 7.86. The van der Waals surface area contributed by atoms with Gasteiger partial charge in [0.1, 0.15) is 0 Å². The molecule has 9 heteroatoms. The van der Waals surface area contributed by atoms with Crippen molar-refractivity contribution in [2.24, 2.45) is 4.99 Å². The van der Waals surface area contributed by atoms with Crippen LogP contribution in [-0.4, -0.2) is 64.2 Å². The van der Waals surface area contributed by atoms with Gasteiger partial charge in [-0.3, -0.25) is 14.9 Å². The predicted molar refractivity (Wildman–Crippen MR) is 106 cm³/mol. The normalized spacial score (nSPS) is 22.5. The van der Waals surface area contributed by atoms with Crippen LogP contribution in [0.5, 0.6) is 0 Å². The maximum atomic E-state index is 12.4. The van der Waals surface area contributed by atoms with Gasteiger partial charge in [-0.1, -0.05) is 59.8 Å². The molecule has 0 aliphatic carbocycles. The second-order valence-electron chi connectivity index (χ2n) is 6.20. The van der Waals surface area contributed by atoms with Crippen molar-refractivity contribution < 1.29 is 14.4 Å². The number of urea groups is 1. The molecule has 1 aromatic rings. The number of imide groups is 1. The minimum absolute atomic E-state index is 0.0314. The molecule has 1 fully saturated rings. The molecule has 2 unspecified atom stereocenters. The monoisotopic (exact) mass is 406 g/mol. The van der Waals surface area contributed by atoms with Crippen LogP contribution in [0.2, 0.25) is 0 Å². The zero-order valence-corrected chi connectivity index (χ0v) is 16.5. The maximum absolute atomic E-state index is 12.4. The van der Waals surface area contributed by atoms with E-state index < -0.39 is 24.1 Å². The van der Waals surface area contributed by atoms with E-state index in [1.807, 2.05) is 18.2 Å². The van der Waals surface area contributed by atoms with Crippen LogP contribution in [-0.2, 0) is 4.79 Å². The first-order valence-corrected chi connectivity index (χ1v) is 9.70.